The number of rotatable bonds is 7. The third kappa shape index (κ3) is 4.54. The molecule has 0 unspecified atom stereocenters. The molecule has 0 radical (unpaired) electrons. The lowest BCUT2D eigenvalue weighted by Gasteiger charge is -2.33. The van der Waals surface area contributed by atoms with Crippen LogP contribution in [0.5, 0.6) is 0 Å². The van der Waals surface area contributed by atoms with Crippen molar-refractivity contribution >= 4 is 49.1 Å². The average molecular weight is 428 g/mol. The highest BCUT2D eigenvalue weighted by atomic mass is 32.2. The third-order valence-corrected chi connectivity index (χ3v) is 6.32. The van der Waals surface area contributed by atoms with Crippen molar-refractivity contribution in [2.75, 3.05) is 30.0 Å². The Morgan fingerprint density at radius 3 is 2.68 bits per heavy atom. The lowest BCUT2D eigenvalue weighted by Crippen LogP contribution is -2.49. The minimum absolute atomic E-state index is 0.0563. The molecule has 0 saturated carbocycles. The van der Waals surface area contributed by atoms with Gasteiger partial charge in [-0.05, 0) is 30.9 Å². The van der Waals surface area contributed by atoms with E-state index in [4.69, 9.17) is 5.73 Å². The Morgan fingerprint density at radius 2 is 2.11 bits per heavy atom. The Hall–Kier alpha value is -1.95. The maximum atomic E-state index is 11.5. The second kappa shape index (κ2) is 8.19. The van der Waals surface area contributed by atoms with Crippen molar-refractivity contribution in [2.45, 2.75) is 38.6 Å². The van der Waals surface area contributed by atoms with Crippen LogP contribution in [-0.2, 0) is 16.4 Å². The molecule has 2 aromatic heterocycles. The molecule has 1 fully saturated rings. The summed E-state index contributed by atoms with van der Waals surface area (Å²) in [6.07, 6.45) is 4.35. The summed E-state index contributed by atoms with van der Waals surface area (Å²) in [5.74, 6) is -0.224. The summed E-state index contributed by atoms with van der Waals surface area (Å²) in [7, 11) is -3.28. The number of nitrogens with one attached hydrogen (secondary N) is 2. The summed E-state index contributed by atoms with van der Waals surface area (Å²) >= 11 is 1.11. The molecule has 1 aliphatic heterocycles. The zero-order chi connectivity index (χ0) is 20.5. The van der Waals surface area contributed by atoms with E-state index in [2.05, 4.69) is 27.1 Å². The van der Waals surface area contributed by atoms with Gasteiger partial charge in [-0.15, -0.1) is 11.3 Å². The molecule has 3 rings (SSSR count). The van der Waals surface area contributed by atoms with Gasteiger partial charge in [-0.3, -0.25) is 0 Å². The summed E-state index contributed by atoms with van der Waals surface area (Å²) in [5.41, 5.74) is 10.3. The summed E-state index contributed by atoms with van der Waals surface area (Å²) in [6.45, 7) is 3.51. The molecule has 0 aromatic carbocycles. The monoisotopic (exact) mass is 427 g/mol. The van der Waals surface area contributed by atoms with Crippen LogP contribution < -0.4 is 20.9 Å². The van der Waals surface area contributed by atoms with Crippen LogP contribution in [0.25, 0.3) is 10.2 Å². The Bertz CT molecular complexity index is 981. The first-order valence-corrected chi connectivity index (χ1v) is 11.8. The number of aromatic carboxylic acids is 1. The van der Waals surface area contributed by atoms with Crippen LogP contribution >= 0.6 is 11.3 Å². The highest BCUT2D eigenvalue weighted by molar-refractivity contribution is 7.88. The fraction of sp³-hybridized carbons (Fsp3) is 0.529. The molecule has 154 valence electrons. The quantitative estimate of drug-likeness (QED) is 0.488. The maximum absolute atomic E-state index is 11.5. The number of nitrogens with zero attached hydrogens (tertiary/aromatic N) is 2. The van der Waals surface area contributed by atoms with Crippen molar-refractivity contribution in [1.82, 2.24) is 15.2 Å². The van der Waals surface area contributed by atoms with Gasteiger partial charge in [-0.2, -0.15) is 4.83 Å². The number of carboxylic acids is 1. The topological polar surface area (TPSA) is 138 Å². The van der Waals surface area contributed by atoms with Crippen molar-refractivity contribution in [3.63, 3.8) is 0 Å². The summed E-state index contributed by atoms with van der Waals surface area (Å²) < 4.78 is 22.4. The van der Waals surface area contributed by atoms with Gasteiger partial charge in [0.25, 0.3) is 0 Å². The van der Waals surface area contributed by atoms with E-state index in [1.807, 2.05) is 6.07 Å². The molecule has 0 amide bonds. The number of pyridine rings is 1. The van der Waals surface area contributed by atoms with E-state index < -0.39 is 16.0 Å². The van der Waals surface area contributed by atoms with Crippen molar-refractivity contribution in [3.8, 4) is 0 Å². The second-order valence-corrected chi connectivity index (χ2v) is 9.75. The number of nitrogen functional groups attached to an aromatic ring is 1. The zero-order valence-electron chi connectivity index (χ0n) is 15.9. The fourth-order valence-electron chi connectivity index (χ4n) is 3.42. The molecule has 28 heavy (non-hydrogen) atoms. The van der Waals surface area contributed by atoms with E-state index in [1.54, 1.807) is 0 Å². The van der Waals surface area contributed by atoms with Crippen LogP contribution in [0, 0.1) is 0 Å². The lowest BCUT2D eigenvalue weighted by molar-refractivity contribution is 0.0703. The van der Waals surface area contributed by atoms with Crippen molar-refractivity contribution in [3.05, 3.63) is 16.5 Å². The number of fused-ring (bicyclic) bond motifs is 1. The van der Waals surface area contributed by atoms with Crippen LogP contribution in [0.2, 0.25) is 0 Å². The number of hydrazine groups is 1. The number of aryl methyl sites for hydroxylation is 1. The van der Waals surface area contributed by atoms with Crippen LogP contribution in [-0.4, -0.2) is 49.9 Å². The van der Waals surface area contributed by atoms with E-state index in [1.165, 1.54) is 0 Å². The first-order valence-electron chi connectivity index (χ1n) is 9.12. The number of hydrogen-bond acceptors (Lipinski definition) is 8. The van der Waals surface area contributed by atoms with Gasteiger partial charge in [-0.25, -0.2) is 23.6 Å². The first-order chi connectivity index (χ1) is 13.2. The minimum atomic E-state index is -3.28. The van der Waals surface area contributed by atoms with E-state index in [9.17, 15) is 18.3 Å². The van der Waals surface area contributed by atoms with Gasteiger partial charge in [0.15, 0.2) is 0 Å². The molecule has 3 heterocycles. The van der Waals surface area contributed by atoms with Crippen molar-refractivity contribution < 1.29 is 18.3 Å². The number of sulfonamides is 1. The van der Waals surface area contributed by atoms with Gasteiger partial charge in [0.1, 0.15) is 15.5 Å². The van der Waals surface area contributed by atoms with Crippen molar-refractivity contribution in [2.24, 2.45) is 0 Å². The minimum Gasteiger partial charge on any atom is -0.477 e. The molecule has 1 saturated heterocycles. The summed E-state index contributed by atoms with van der Waals surface area (Å²) in [6, 6.07) is 2.06. The van der Waals surface area contributed by atoms with E-state index in [-0.39, 0.29) is 10.9 Å². The van der Waals surface area contributed by atoms with Crippen LogP contribution in [0.15, 0.2) is 6.07 Å². The van der Waals surface area contributed by atoms with Gasteiger partial charge in [-0.1, -0.05) is 13.3 Å². The predicted octanol–water partition coefficient (Wildman–Crippen LogP) is 1.55. The molecule has 5 N–H and O–H groups in total. The highest BCUT2D eigenvalue weighted by Crippen LogP contribution is 2.37. The largest absolute Gasteiger partial charge is 0.477 e. The van der Waals surface area contributed by atoms with Gasteiger partial charge in [0.05, 0.1) is 11.9 Å². The smallest absolute Gasteiger partial charge is 0.348 e. The molecule has 11 heteroatoms. The summed E-state index contributed by atoms with van der Waals surface area (Å²) in [4.78, 5) is 21.4. The predicted molar refractivity (Wildman–Crippen MR) is 111 cm³/mol. The standard InChI is InChI=1S/C17H25N5O4S2/c1-3-4-10-9-12(19-16-13(10)14(18)15(27-16)17(23)24)22-7-5-11(6-8-22)20-21-28(2,25)26/h9,11,20-21H,3-8,18H2,1-2H3,(H,23,24). The average Bonchev–Trinajstić information content (AvgIpc) is 2.97. The number of carboxylic acid groups (broad SMARTS) is 1. The maximum Gasteiger partial charge on any atom is 0.348 e. The Labute approximate surface area is 168 Å². The second-order valence-electron chi connectivity index (χ2n) is 7.00. The van der Waals surface area contributed by atoms with Gasteiger partial charge in [0, 0.05) is 24.5 Å². The fourth-order valence-corrected chi connectivity index (χ4v) is 4.77. The SMILES string of the molecule is CCCc1cc(N2CCC(NNS(C)(=O)=O)CC2)nc2sc(C(=O)O)c(N)c12. The summed E-state index contributed by atoms with van der Waals surface area (Å²) in [5, 5.41) is 10.1. The lowest BCUT2D eigenvalue weighted by atomic mass is 10.0. The Morgan fingerprint density at radius 1 is 1.43 bits per heavy atom. The third-order valence-electron chi connectivity index (χ3n) is 4.75. The molecule has 9 nitrogen and oxygen atoms in total. The van der Waals surface area contributed by atoms with E-state index in [0.29, 0.717) is 10.5 Å². The Balaban J connectivity index is 1.83. The molecular weight excluding hydrogens is 402 g/mol. The van der Waals surface area contributed by atoms with Gasteiger partial charge < -0.3 is 15.7 Å². The zero-order valence-corrected chi connectivity index (χ0v) is 17.5. The Kier molecular flexibility index (Phi) is 6.08. The number of aromatic nitrogens is 1. The number of thiophene rings is 1. The van der Waals surface area contributed by atoms with E-state index in [0.717, 1.165) is 73.1 Å². The number of anilines is 2. The molecular formula is C17H25N5O4S2. The molecule has 0 spiro atoms. The number of hydrogen-bond donors (Lipinski definition) is 4. The normalized spacial score (nSPS) is 16.0. The van der Waals surface area contributed by atoms with Crippen LogP contribution in [0.4, 0.5) is 11.5 Å². The molecule has 0 atom stereocenters. The van der Waals surface area contributed by atoms with Crippen molar-refractivity contribution in [1.29, 1.82) is 0 Å². The molecule has 0 aliphatic carbocycles. The molecule has 0 bridgehead atoms. The number of nitrogens with two attached hydrogens (primary N) is 1. The highest BCUT2D eigenvalue weighted by Gasteiger charge is 2.24. The molecule has 2 aromatic rings. The molecule has 1 aliphatic rings. The van der Waals surface area contributed by atoms with Crippen LogP contribution in [0.3, 0.4) is 0 Å². The first kappa shape index (κ1) is 20.8. The van der Waals surface area contributed by atoms with Gasteiger partial charge >= 0.3 is 5.97 Å². The van der Waals surface area contributed by atoms with Crippen LogP contribution in [0.1, 0.15) is 41.4 Å². The van der Waals surface area contributed by atoms with E-state index >= 15 is 0 Å². The number of carbonyl (C=O) groups is 1. The van der Waals surface area contributed by atoms with Gasteiger partial charge in [0.2, 0.25) is 10.0 Å². The number of piperidine rings is 1.